The van der Waals surface area contributed by atoms with Crippen LogP contribution in [0.5, 0.6) is 0 Å². The Balaban J connectivity index is 2.35. The highest BCUT2D eigenvalue weighted by Gasteiger charge is 2.09. The summed E-state index contributed by atoms with van der Waals surface area (Å²) in [6, 6.07) is 8.89. The Hall–Kier alpha value is -1.53. The molecule has 6 heteroatoms. The molecule has 0 atom stereocenters. The Labute approximate surface area is 120 Å². The van der Waals surface area contributed by atoms with Gasteiger partial charge in [-0.25, -0.2) is 8.78 Å². The molecule has 1 heterocycles. The van der Waals surface area contributed by atoms with E-state index in [0.29, 0.717) is 20.4 Å². The van der Waals surface area contributed by atoms with E-state index < -0.39 is 0 Å². The van der Waals surface area contributed by atoms with Crippen LogP contribution in [-0.2, 0) is 0 Å². The molecule has 0 aliphatic carbocycles. The second-order valence-corrected chi connectivity index (χ2v) is 5.27. The van der Waals surface area contributed by atoms with E-state index in [4.69, 9.17) is 12.2 Å². The summed E-state index contributed by atoms with van der Waals surface area (Å²) >= 11 is 8.36. The molecule has 0 saturated heterocycles. The predicted molar refractivity (Wildman–Crippen MR) is 76.1 cm³/mol. The molecule has 1 aromatic heterocycles. The fourth-order valence-corrected chi connectivity index (χ4v) is 2.64. The normalized spacial score (nSPS) is 11.1. The molecule has 0 unspecified atom stereocenters. The van der Waals surface area contributed by atoms with E-state index in [0.717, 1.165) is 5.52 Å². The molecule has 0 bridgehead atoms. The number of nitrogens with zero attached hydrogens (tertiary/aromatic N) is 1. The van der Waals surface area contributed by atoms with Crippen LogP contribution in [0.1, 0.15) is 0 Å². The third-order valence-electron chi connectivity index (χ3n) is 2.81. The van der Waals surface area contributed by atoms with Crippen LogP contribution in [0.2, 0.25) is 0 Å². The molecular formula is C13H7BrF2N2S. The minimum Gasteiger partial charge on any atom is -0.330 e. The quantitative estimate of drug-likeness (QED) is 0.635. The van der Waals surface area contributed by atoms with E-state index in [9.17, 15) is 8.78 Å². The first-order valence-corrected chi connectivity index (χ1v) is 6.62. The molecule has 0 spiro atoms. The van der Waals surface area contributed by atoms with Crippen molar-refractivity contribution >= 4 is 39.2 Å². The number of imidazole rings is 1. The van der Waals surface area contributed by atoms with Gasteiger partial charge in [-0.3, -0.25) is 4.57 Å². The summed E-state index contributed by atoms with van der Waals surface area (Å²) in [5.74, 6) is -0.710. The van der Waals surface area contributed by atoms with E-state index >= 15 is 0 Å². The van der Waals surface area contributed by atoms with Gasteiger partial charge in [-0.05, 0) is 58.5 Å². The Morgan fingerprint density at radius 1 is 1.11 bits per heavy atom. The summed E-state index contributed by atoms with van der Waals surface area (Å²) in [6.45, 7) is 0. The highest BCUT2D eigenvalue weighted by molar-refractivity contribution is 9.10. The maximum absolute atomic E-state index is 13.4. The van der Waals surface area contributed by atoms with Gasteiger partial charge < -0.3 is 4.98 Å². The second kappa shape index (κ2) is 4.54. The standard InChI is InChI=1S/C13H7BrF2N2S/c14-9-6-8(2-3-10(9)16)18-12-5-7(15)1-4-11(12)17-13(18)19/h1-6H,(H,17,19). The summed E-state index contributed by atoms with van der Waals surface area (Å²) in [4.78, 5) is 2.99. The van der Waals surface area contributed by atoms with Crippen molar-refractivity contribution in [3.05, 3.63) is 57.3 Å². The fourth-order valence-electron chi connectivity index (χ4n) is 1.96. The largest absolute Gasteiger partial charge is 0.330 e. The predicted octanol–water partition coefficient (Wildman–Crippen LogP) is 4.73. The van der Waals surface area contributed by atoms with Crippen molar-refractivity contribution in [2.45, 2.75) is 0 Å². The lowest BCUT2D eigenvalue weighted by Crippen LogP contribution is -1.95. The molecule has 19 heavy (non-hydrogen) atoms. The summed E-state index contributed by atoms with van der Waals surface area (Å²) in [5.41, 5.74) is 2.01. The van der Waals surface area contributed by atoms with Gasteiger partial charge in [0.05, 0.1) is 15.5 Å². The molecule has 2 aromatic carbocycles. The van der Waals surface area contributed by atoms with Gasteiger partial charge in [0.2, 0.25) is 0 Å². The Bertz CT molecular complexity index is 838. The number of nitrogens with one attached hydrogen (secondary N) is 1. The molecule has 1 N–H and O–H groups in total. The number of aromatic amines is 1. The number of hydrogen-bond acceptors (Lipinski definition) is 1. The lowest BCUT2D eigenvalue weighted by molar-refractivity contribution is 0.620. The molecular weight excluding hydrogens is 334 g/mol. The minimum atomic E-state index is -0.360. The molecule has 96 valence electrons. The maximum atomic E-state index is 13.4. The van der Waals surface area contributed by atoms with Gasteiger partial charge in [0.1, 0.15) is 11.6 Å². The van der Waals surface area contributed by atoms with Gasteiger partial charge >= 0.3 is 0 Å². The molecule has 0 aliphatic heterocycles. The van der Waals surface area contributed by atoms with E-state index in [2.05, 4.69) is 20.9 Å². The fraction of sp³-hybridized carbons (Fsp3) is 0. The van der Waals surface area contributed by atoms with E-state index in [1.54, 1.807) is 22.8 Å². The molecule has 3 aromatic rings. The first-order valence-electron chi connectivity index (χ1n) is 5.42. The molecule has 0 aliphatic rings. The van der Waals surface area contributed by atoms with Crippen molar-refractivity contribution in [3.63, 3.8) is 0 Å². The van der Waals surface area contributed by atoms with Crippen LogP contribution in [0.15, 0.2) is 40.9 Å². The van der Waals surface area contributed by atoms with Crippen molar-refractivity contribution in [1.82, 2.24) is 9.55 Å². The van der Waals surface area contributed by atoms with Gasteiger partial charge in [-0.15, -0.1) is 0 Å². The highest BCUT2D eigenvalue weighted by Crippen LogP contribution is 2.24. The maximum Gasteiger partial charge on any atom is 0.182 e. The van der Waals surface area contributed by atoms with Crippen molar-refractivity contribution in [3.8, 4) is 5.69 Å². The summed E-state index contributed by atoms with van der Waals surface area (Å²) in [7, 11) is 0. The second-order valence-electron chi connectivity index (χ2n) is 4.03. The molecule has 0 fully saturated rings. The van der Waals surface area contributed by atoms with Crippen molar-refractivity contribution in [2.75, 3.05) is 0 Å². The van der Waals surface area contributed by atoms with Crippen molar-refractivity contribution in [1.29, 1.82) is 0 Å². The van der Waals surface area contributed by atoms with Gasteiger partial charge in [0.25, 0.3) is 0 Å². The lowest BCUT2D eigenvalue weighted by Gasteiger charge is -2.05. The topological polar surface area (TPSA) is 20.7 Å². The molecule has 0 saturated carbocycles. The van der Waals surface area contributed by atoms with Crippen LogP contribution in [-0.4, -0.2) is 9.55 Å². The van der Waals surface area contributed by atoms with Crippen molar-refractivity contribution in [2.24, 2.45) is 0 Å². The third kappa shape index (κ3) is 2.11. The first kappa shape index (κ1) is 12.5. The van der Waals surface area contributed by atoms with Gasteiger partial charge in [0.15, 0.2) is 4.77 Å². The van der Waals surface area contributed by atoms with Crippen LogP contribution >= 0.6 is 28.1 Å². The average Bonchev–Trinajstić information content (AvgIpc) is 2.68. The Kier molecular flexibility index (Phi) is 2.99. The monoisotopic (exact) mass is 340 g/mol. The zero-order valence-corrected chi connectivity index (χ0v) is 11.9. The van der Waals surface area contributed by atoms with Crippen LogP contribution in [0.3, 0.4) is 0 Å². The number of benzene rings is 2. The van der Waals surface area contributed by atoms with Crippen LogP contribution in [0.25, 0.3) is 16.7 Å². The van der Waals surface area contributed by atoms with E-state index in [-0.39, 0.29) is 11.6 Å². The SMILES string of the molecule is Fc1ccc2[nH]c(=S)n(-c3ccc(F)c(Br)c3)c2c1. The summed E-state index contributed by atoms with van der Waals surface area (Å²) in [6.07, 6.45) is 0. The van der Waals surface area contributed by atoms with Gasteiger partial charge in [-0.1, -0.05) is 0 Å². The Morgan fingerprint density at radius 2 is 1.89 bits per heavy atom. The zero-order valence-electron chi connectivity index (χ0n) is 9.45. The minimum absolute atomic E-state index is 0.331. The lowest BCUT2D eigenvalue weighted by atomic mass is 10.2. The number of rotatable bonds is 1. The van der Waals surface area contributed by atoms with Crippen LogP contribution in [0.4, 0.5) is 8.78 Å². The van der Waals surface area contributed by atoms with Crippen LogP contribution in [0, 0.1) is 16.4 Å². The molecule has 0 amide bonds. The molecule has 0 radical (unpaired) electrons. The highest BCUT2D eigenvalue weighted by atomic mass is 79.9. The smallest absolute Gasteiger partial charge is 0.182 e. The summed E-state index contributed by atoms with van der Waals surface area (Å²) < 4.78 is 29.0. The number of H-pyrrole nitrogens is 1. The number of fused-ring (bicyclic) bond motifs is 1. The zero-order chi connectivity index (χ0) is 13.6. The van der Waals surface area contributed by atoms with Gasteiger partial charge in [0, 0.05) is 11.8 Å². The number of hydrogen-bond donors (Lipinski definition) is 1. The van der Waals surface area contributed by atoms with Crippen molar-refractivity contribution < 1.29 is 8.78 Å². The van der Waals surface area contributed by atoms with E-state index in [1.807, 2.05) is 0 Å². The number of halogens is 3. The molecule has 2 nitrogen and oxygen atoms in total. The average molecular weight is 341 g/mol. The van der Waals surface area contributed by atoms with Crippen LogP contribution < -0.4 is 0 Å². The third-order valence-corrected chi connectivity index (χ3v) is 3.70. The first-order chi connectivity index (χ1) is 9.06. The number of aromatic nitrogens is 2. The van der Waals surface area contributed by atoms with Gasteiger partial charge in [-0.2, -0.15) is 0 Å². The summed E-state index contributed by atoms with van der Waals surface area (Å²) in [5, 5.41) is 0. The van der Waals surface area contributed by atoms with E-state index in [1.165, 1.54) is 18.2 Å². The molecule has 3 rings (SSSR count). The Morgan fingerprint density at radius 3 is 2.63 bits per heavy atom.